The van der Waals surface area contributed by atoms with E-state index in [-0.39, 0.29) is 54.2 Å². The molecule has 0 aromatic rings. The van der Waals surface area contributed by atoms with Gasteiger partial charge in [-0.15, -0.1) is 0 Å². The molecule has 200 valence electrons. The third-order valence-electron chi connectivity index (χ3n) is 6.62. The summed E-state index contributed by atoms with van der Waals surface area (Å²) in [5, 5.41) is 9.42. The van der Waals surface area contributed by atoms with Crippen LogP contribution in [0.2, 0.25) is 0 Å². The van der Waals surface area contributed by atoms with Crippen molar-refractivity contribution >= 4 is 18.0 Å². The summed E-state index contributed by atoms with van der Waals surface area (Å²) in [5.74, 6) is 0.614. The lowest BCUT2D eigenvalue weighted by Crippen LogP contribution is -2.55. The SMILES string of the molecule is CC(C)(C)OC(=O)N1CC2COCC(C1)C2=O.CC(C)(C)OC(=O)N1CC2COCC(C1)C2CO. The smallest absolute Gasteiger partial charge is 0.410 e. The maximum Gasteiger partial charge on any atom is 0.410 e. The van der Waals surface area contributed by atoms with E-state index in [2.05, 4.69) is 0 Å². The number of hydrogen-bond donors (Lipinski definition) is 1. The molecule has 4 saturated heterocycles. The lowest BCUT2D eigenvalue weighted by Gasteiger charge is -2.46. The summed E-state index contributed by atoms with van der Waals surface area (Å²) in [6.45, 7) is 15.5. The standard InChI is InChI=1S/C13H23NO4.C12H19NO4/c1-13(2,3)18-12(16)14-4-9-7-17-8-10(5-14)11(9)6-15;1-12(2,3)17-11(15)13-4-8-6-16-7-9(5-13)10(8)14/h9-11,15H,4-8H2,1-3H3;8-9H,4-7H2,1-3H3. The van der Waals surface area contributed by atoms with Crippen molar-refractivity contribution < 1.29 is 38.4 Å². The predicted octanol–water partition coefficient (Wildman–Crippen LogP) is 2.18. The molecule has 4 heterocycles. The van der Waals surface area contributed by atoms with Gasteiger partial charge in [0.15, 0.2) is 0 Å². The fraction of sp³-hybridized carbons (Fsp3) is 0.880. The number of ketones is 1. The van der Waals surface area contributed by atoms with Gasteiger partial charge in [0.2, 0.25) is 0 Å². The Bertz CT molecular complexity index is 744. The normalized spacial score (nSPS) is 30.7. The van der Waals surface area contributed by atoms with Gasteiger partial charge in [0.05, 0.1) is 38.3 Å². The zero-order valence-corrected chi connectivity index (χ0v) is 22.0. The molecular weight excluding hydrogens is 456 g/mol. The van der Waals surface area contributed by atoms with Crippen molar-refractivity contribution in [1.29, 1.82) is 0 Å². The second-order valence-corrected chi connectivity index (χ2v) is 12.0. The summed E-state index contributed by atoms with van der Waals surface area (Å²) in [6, 6.07) is 0. The van der Waals surface area contributed by atoms with Crippen LogP contribution in [0.1, 0.15) is 41.5 Å². The molecule has 10 heteroatoms. The number of amides is 2. The zero-order chi connectivity index (χ0) is 26.0. The van der Waals surface area contributed by atoms with Crippen molar-refractivity contribution in [1.82, 2.24) is 9.80 Å². The van der Waals surface area contributed by atoms with Crippen LogP contribution in [0.15, 0.2) is 0 Å². The summed E-state index contributed by atoms with van der Waals surface area (Å²) in [7, 11) is 0. The Morgan fingerprint density at radius 3 is 1.60 bits per heavy atom. The van der Waals surface area contributed by atoms with Crippen LogP contribution < -0.4 is 0 Å². The molecule has 4 fully saturated rings. The van der Waals surface area contributed by atoms with E-state index in [0.29, 0.717) is 52.6 Å². The lowest BCUT2D eigenvalue weighted by molar-refractivity contribution is -0.144. The molecule has 4 atom stereocenters. The van der Waals surface area contributed by atoms with Crippen LogP contribution in [0.3, 0.4) is 0 Å². The molecule has 1 N–H and O–H groups in total. The lowest BCUT2D eigenvalue weighted by atomic mass is 9.77. The fourth-order valence-corrected chi connectivity index (χ4v) is 5.01. The minimum Gasteiger partial charge on any atom is -0.444 e. The molecule has 35 heavy (non-hydrogen) atoms. The number of Topliss-reactive ketones (excluding diaryl/α,β-unsaturated/α-hetero) is 1. The number of ether oxygens (including phenoxy) is 4. The summed E-state index contributed by atoms with van der Waals surface area (Å²) in [6.07, 6.45) is -0.585. The van der Waals surface area contributed by atoms with Gasteiger partial charge in [-0.3, -0.25) is 4.79 Å². The molecule has 10 nitrogen and oxygen atoms in total. The summed E-state index contributed by atoms with van der Waals surface area (Å²) < 4.78 is 21.6. The Morgan fingerprint density at radius 1 is 0.800 bits per heavy atom. The topological polar surface area (TPSA) is 115 Å². The quantitative estimate of drug-likeness (QED) is 0.585. The molecule has 4 bridgehead atoms. The Morgan fingerprint density at radius 2 is 1.20 bits per heavy atom. The van der Waals surface area contributed by atoms with Gasteiger partial charge in [-0.2, -0.15) is 0 Å². The van der Waals surface area contributed by atoms with Gasteiger partial charge in [0.25, 0.3) is 0 Å². The highest BCUT2D eigenvalue weighted by molar-refractivity contribution is 5.87. The van der Waals surface area contributed by atoms with E-state index in [9.17, 15) is 19.5 Å². The van der Waals surface area contributed by atoms with Gasteiger partial charge in [-0.05, 0) is 47.5 Å². The number of nitrogens with zero attached hydrogens (tertiary/aromatic N) is 2. The minimum atomic E-state index is -0.496. The zero-order valence-electron chi connectivity index (χ0n) is 22.0. The summed E-state index contributed by atoms with van der Waals surface area (Å²) in [4.78, 5) is 39.1. The number of fused-ring (bicyclic) bond motifs is 4. The first-order valence-corrected chi connectivity index (χ1v) is 12.5. The number of carbonyl (C=O) groups is 3. The van der Waals surface area contributed by atoms with Crippen LogP contribution in [-0.4, -0.2) is 103 Å². The molecule has 0 aromatic carbocycles. The van der Waals surface area contributed by atoms with E-state index in [1.54, 1.807) is 9.80 Å². The number of piperidine rings is 2. The Kier molecular flexibility index (Phi) is 8.70. The molecular formula is C25H42N2O8. The number of aliphatic hydroxyl groups is 1. The van der Waals surface area contributed by atoms with Crippen molar-refractivity contribution in [2.24, 2.45) is 29.6 Å². The molecule has 0 spiro atoms. The fourth-order valence-electron chi connectivity index (χ4n) is 5.01. The molecule has 4 aliphatic heterocycles. The van der Waals surface area contributed by atoms with E-state index in [0.717, 1.165) is 0 Å². The van der Waals surface area contributed by atoms with E-state index in [4.69, 9.17) is 18.9 Å². The first kappa shape index (κ1) is 27.7. The molecule has 2 amide bonds. The Hall–Kier alpha value is -1.91. The second-order valence-electron chi connectivity index (χ2n) is 12.0. The van der Waals surface area contributed by atoms with E-state index >= 15 is 0 Å². The monoisotopic (exact) mass is 498 g/mol. The molecule has 0 aromatic heterocycles. The molecule has 0 aliphatic carbocycles. The molecule has 0 radical (unpaired) electrons. The highest BCUT2D eigenvalue weighted by Crippen LogP contribution is 2.33. The van der Waals surface area contributed by atoms with Crippen LogP contribution in [-0.2, 0) is 23.7 Å². The molecule has 4 aliphatic rings. The van der Waals surface area contributed by atoms with Crippen LogP contribution in [0.25, 0.3) is 0 Å². The van der Waals surface area contributed by atoms with Gasteiger partial charge in [-0.1, -0.05) is 0 Å². The largest absolute Gasteiger partial charge is 0.444 e. The number of aliphatic hydroxyl groups excluding tert-OH is 1. The van der Waals surface area contributed by atoms with Gasteiger partial charge in [0.1, 0.15) is 17.0 Å². The van der Waals surface area contributed by atoms with Crippen molar-refractivity contribution in [3.05, 3.63) is 0 Å². The van der Waals surface area contributed by atoms with E-state index in [1.807, 2.05) is 41.5 Å². The minimum absolute atomic E-state index is 0.171. The first-order valence-electron chi connectivity index (χ1n) is 12.5. The second kappa shape index (κ2) is 11.0. The van der Waals surface area contributed by atoms with Crippen molar-refractivity contribution in [3.8, 4) is 0 Å². The van der Waals surface area contributed by atoms with E-state index in [1.165, 1.54) is 0 Å². The van der Waals surface area contributed by atoms with Crippen LogP contribution >= 0.6 is 0 Å². The number of likely N-dealkylation sites (tertiary alicyclic amines) is 2. The summed E-state index contributed by atoms with van der Waals surface area (Å²) >= 11 is 0. The Balaban J connectivity index is 0.000000196. The molecule has 0 saturated carbocycles. The number of rotatable bonds is 1. The third kappa shape index (κ3) is 7.54. The van der Waals surface area contributed by atoms with Crippen molar-refractivity contribution in [2.45, 2.75) is 52.7 Å². The van der Waals surface area contributed by atoms with Gasteiger partial charge >= 0.3 is 12.2 Å². The first-order chi connectivity index (χ1) is 16.3. The average molecular weight is 499 g/mol. The van der Waals surface area contributed by atoms with Crippen molar-refractivity contribution in [3.63, 3.8) is 0 Å². The third-order valence-corrected chi connectivity index (χ3v) is 6.62. The van der Waals surface area contributed by atoms with Gasteiger partial charge in [0, 0.05) is 44.6 Å². The van der Waals surface area contributed by atoms with Crippen LogP contribution in [0.4, 0.5) is 9.59 Å². The van der Waals surface area contributed by atoms with Gasteiger partial charge in [-0.25, -0.2) is 9.59 Å². The average Bonchev–Trinajstić information content (AvgIpc) is 2.70. The number of hydrogen-bond acceptors (Lipinski definition) is 8. The molecule has 4 unspecified atom stereocenters. The van der Waals surface area contributed by atoms with Crippen LogP contribution in [0.5, 0.6) is 0 Å². The van der Waals surface area contributed by atoms with Gasteiger partial charge < -0.3 is 33.9 Å². The number of carbonyl (C=O) groups excluding carboxylic acids is 3. The molecule has 4 rings (SSSR count). The summed E-state index contributed by atoms with van der Waals surface area (Å²) in [5.41, 5.74) is -0.958. The van der Waals surface area contributed by atoms with E-state index < -0.39 is 11.2 Å². The van der Waals surface area contributed by atoms with Crippen molar-refractivity contribution in [2.75, 3.05) is 59.2 Å². The highest BCUT2D eigenvalue weighted by Gasteiger charge is 2.43. The predicted molar refractivity (Wildman–Crippen MR) is 127 cm³/mol. The Labute approximate surface area is 208 Å². The maximum absolute atomic E-state index is 12.0. The maximum atomic E-state index is 12.0. The highest BCUT2D eigenvalue weighted by atomic mass is 16.6. The van der Waals surface area contributed by atoms with Crippen LogP contribution in [0, 0.1) is 29.6 Å².